The molecule has 0 spiro atoms. The van der Waals surface area contributed by atoms with Crippen molar-refractivity contribution in [2.45, 2.75) is 11.8 Å². The molecule has 2 bridgehead atoms. The van der Waals surface area contributed by atoms with Crippen molar-refractivity contribution in [3.05, 3.63) is 95.1 Å². The smallest absolute Gasteiger partial charge is 0.238 e. The number of carbonyl (C=O) groups is 2. The van der Waals surface area contributed by atoms with E-state index in [1.165, 1.54) is 27.2 Å². The molecule has 0 aromatic heterocycles. The Morgan fingerprint density at radius 3 is 1.40 bits per heavy atom. The third kappa shape index (κ3) is 2.11. The van der Waals surface area contributed by atoms with Gasteiger partial charge in [-0.1, -0.05) is 48.5 Å². The van der Waals surface area contributed by atoms with E-state index in [4.69, 9.17) is 0 Å². The highest BCUT2D eigenvalue weighted by molar-refractivity contribution is 6.23. The molecule has 3 aromatic carbocycles. The maximum atomic E-state index is 13.7. The zero-order valence-corrected chi connectivity index (χ0v) is 16.9. The van der Waals surface area contributed by atoms with E-state index >= 15 is 0 Å². The second kappa shape index (κ2) is 6.05. The second-order valence-corrected chi connectivity index (χ2v) is 8.69. The van der Waals surface area contributed by atoms with E-state index in [0.29, 0.717) is 5.69 Å². The summed E-state index contributed by atoms with van der Waals surface area (Å²) in [6, 6.07) is 24.3. The predicted octanol–water partition coefficient (Wildman–Crippen LogP) is 4.15. The van der Waals surface area contributed by atoms with Crippen LogP contribution in [0.25, 0.3) is 0 Å². The van der Waals surface area contributed by atoms with Gasteiger partial charge in [-0.05, 0) is 46.5 Å². The molecule has 30 heavy (non-hydrogen) atoms. The number of hydrogen-bond acceptors (Lipinski definition) is 3. The van der Waals surface area contributed by atoms with Gasteiger partial charge in [0.25, 0.3) is 0 Å². The van der Waals surface area contributed by atoms with E-state index in [1.54, 1.807) is 0 Å². The molecule has 0 N–H and O–H groups in total. The standard InChI is InChI=1S/C26H22N2O2/c1-27(2)15-11-13-16(14-12-15)28-25(29)23-21-17-7-3-4-8-18(17)22(24(23)26(28)30)20-10-6-5-9-19(20)21/h3-14,21-24H,1-2H3/t21?,22?,23-,24-/m0/s1. The van der Waals surface area contributed by atoms with Crippen molar-refractivity contribution in [1.82, 2.24) is 0 Å². The maximum Gasteiger partial charge on any atom is 0.238 e. The van der Waals surface area contributed by atoms with Crippen molar-refractivity contribution in [2.75, 3.05) is 23.9 Å². The summed E-state index contributed by atoms with van der Waals surface area (Å²) in [7, 11) is 3.95. The first-order valence-corrected chi connectivity index (χ1v) is 10.4. The number of hydrogen-bond donors (Lipinski definition) is 0. The fourth-order valence-corrected chi connectivity index (χ4v) is 5.83. The zero-order chi connectivity index (χ0) is 20.6. The van der Waals surface area contributed by atoms with Gasteiger partial charge in [-0.3, -0.25) is 9.59 Å². The van der Waals surface area contributed by atoms with Crippen LogP contribution in [-0.4, -0.2) is 25.9 Å². The van der Waals surface area contributed by atoms with Crippen LogP contribution in [0.1, 0.15) is 34.1 Å². The van der Waals surface area contributed by atoms with Gasteiger partial charge >= 0.3 is 0 Å². The number of anilines is 2. The van der Waals surface area contributed by atoms with Crippen LogP contribution in [0.3, 0.4) is 0 Å². The summed E-state index contributed by atoms with van der Waals surface area (Å²) in [6.07, 6.45) is 0. The monoisotopic (exact) mass is 394 g/mol. The molecule has 2 atom stereocenters. The van der Waals surface area contributed by atoms with Crippen LogP contribution in [0.2, 0.25) is 0 Å². The lowest BCUT2D eigenvalue weighted by atomic mass is 9.55. The Morgan fingerprint density at radius 2 is 1.03 bits per heavy atom. The summed E-state index contributed by atoms with van der Waals surface area (Å²) >= 11 is 0. The molecule has 4 nitrogen and oxygen atoms in total. The van der Waals surface area contributed by atoms with E-state index in [2.05, 4.69) is 24.3 Å². The molecular formula is C26H22N2O2. The Balaban J connectivity index is 1.50. The van der Waals surface area contributed by atoms with Gasteiger partial charge in [0.2, 0.25) is 11.8 Å². The summed E-state index contributed by atoms with van der Waals surface area (Å²) in [5.74, 6) is -0.922. The van der Waals surface area contributed by atoms with Gasteiger partial charge in [0.05, 0.1) is 17.5 Å². The number of rotatable bonds is 2. The molecule has 4 heteroatoms. The third-order valence-electron chi connectivity index (χ3n) is 7.07. The highest BCUT2D eigenvalue weighted by Gasteiger charge is 2.61. The molecule has 1 fully saturated rings. The van der Waals surface area contributed by atoms with Crippen LogP contribution in [0.15, 0.2) is 72.8 Å². The van der Waals surface area contributed by atoms with E-state index < -0.39 is 0 Å². The number of carbonyl (C=O) groups excluding carboxylic acids is 2. The quantitative estimate of drug-likeness (QED) is 0.613. The van der Waals surface area contributed by atoms with E-state index in [9.17, 15) is 9.59 Å². The SMILES string of the molecule is CN(C)c1ccc(N2C(=O)[C@H]3C4c5ccccc5C(c5ccccc54)[C@@H]3C2=O)cc1. The maximum absolute atomic E-state index is 13.7. The van der Waals surface area contributed by atoms with Crippen LogP contribution >= 0.6 is 0 Å². The molecular weight excluding hydrogens is 372 g/mol. The van der Waals surface area contributed by atoms with Crippen LogP contribution in [0.5, 0.6) is 0 Å². The highest BCUT2D eigenvalue weighted by atomic mass is 16.2. The average Bonchev–Trinajstić information content (AvgIpc) is 3.04. The molecule has 7 rings (SSSR count). The summed E-state index contributed by atoms with van der Waals surface area (Å²) in [5.41, 5.74) is 6.51. The van der Waals surface area contributed by atoms with Crippen LogP contribution in [-0.2, 0) is 9.59 Å². The van der Waals surface area contributed by atoms with Crippen molar-refractivity contribution in [2.24, 2.45) is 11.8 Å². The van der Waals surface area contributed by atoms with Crippen molar-refractivity contribution in [1.29, 1.82) is 0 Å². The largest absolute Gasteiger partial charge is 0.378 e. The number of benzene rings is 3. The Hall–Kier alpha value is -3.40. The normalized spacial score (nSPS) is 25.7. The average molecular weight is 394 g/mol. The number of imide groups is 1. The van der Waals surface area contributed by atoms with E-state index in [-0.39, 0.29) is 35.5 Å². The predicted molar refractivity (Wildman–Crippen MR) is 117 cm³/mol. The molecule has 1 aliphatic heterocycles. The molecule has 0 radical (unpaired) electrons. The molecule has 148 valence electrons. The molecule has 2 amide bonds. The molecule has 0 unspecified atom stereocenters. The Labute approximate surface area is 175 Å². The zero-order valence-electron chi connectivity index (χ0n) is 16.9. The van der Waals surface area contributed by atoms with Crippen molar-refractivity contribution in [3.63, 3.8) is 0 Å². The summed E-state index contributed by atoms with van der Waals surface area (Å²) < 4.78 is 0. The lowest BCUT2D eigenvalue weighted by molar-refractivity contribution is -0.122. The Morgan fingerprint density at radius 1 is 0.633 bits per heavy atom. The minimum atomic E-state index is -0.333. The molecule has 3 aromatic rings. The van der Waals surface area contributed by atoms with Gasteiger partial charge in [-0.2, -0.15) is 0 Å². The Kier molecular flexibility index (Phi) is 3.52. The first-order chi connectivity index (χ1) is 14.6. The van der Waals surface area contributed by atoms with Crippen LogP contribution in [0, 0.1) is 11.8 Å². The topological polar surface area (TPSA) is 40.6 Å². The van der Waals surface area contributed by atoms with Gasteiger partial charge in [0.1, 0.15) is 0 Å². The van der Waals surface area contributed by atoms with Gasteiger partial charge in [0, 0.05) is 31.6 Å². The third-order valence-corrected chi connectivity index (χ3v) is 7.07. The second-order valence-electron chi connectivity index (χ2n) is 8.69. The van der Waals surface area contributed by atoms with Crippen molar-refractivity contribution < 1.29 is 9.59 Å². The van der Waals surface area contributed by atoms with Crippen molar-refractivity contribution >= 4 is 23.2 Å². The first kappa shape index (κ1) is 17.5. The first-order valence-electron chi connectivity index (χ1n) is 10.4. The fraction of sp³-hybridized carbons (Fsp3) is 0.231. The van der Waals surface area contributed by atoms with Crippen LogP contribution in [0.4, 0.5) is 11.4 Å². The fourth-order valence-electron chi connectivity index (χ4n) is 5.83. The van der Waals surface area contributed by atoms with Gasteiger partial charge < -0.3 is 4.90 Å². The lowest BCUT2D eigenvalue weighted by Crippen LogP contribution is -2.41. The minimum absolute atomic E-state index is 0.0603. The Bertz CT molecular complexity index is 1080. The molecule has 4 aliphatic rings. The van der Waals surface area contributed by atoms with Crippen LogP contribution < -0.4 is 9.80 Å². The molecule has 3 aliphatic carbocycles. The van der Waals surface area contributed by atoms with E-state index in [1.807, 2.05) is 67.5 Å². The van der Waals surface area contributed by atoms with Gasteiger partial charge in [-0.15, -0.1) is 0 Å². The van der Waals surface area contributed by atoms with E-state index in [0.717, 1.165) is 5.69 Å². The summed E-state index contributed by atoms with van der Waals surface area (Å²) in [5, 5.41) is 0. The number of amides is 2. The van der Waals surface area contributed by atoms with Crippen molar-refractivity contribution in [3.8, 4) is 0 Å². The number of nitrogens with zero attached hydrogens (tertiary/aromatic N) is 2. The molecule has 1 saturated heterocycles. The minimum Gasteiger partial charge on any atom is -0.378 e. The lowest BCUT2D eigenvalue weighted by Gasteiger charge is -2.45. The summed E-state index contributed by atoms with van der Waals surface area (Å²) in [4.78, 5) is 30.8. The highest BCUT2D eigenvalue weighted by Crippen LogP contribution is 2.61. The summed E-state index contributed by atoms with van der Waals surface area (Å²) in [6.45, 7) is 0. The van der Waals surface area contributed by atoms with Gasteiger partial charge in [0.15, 0.2) is 0 Å². The molecule has 1 heterocycles. The molecule has 0 saturated carbocycles. The van der Waals surface area contributed by atoms with Gasteiger partial charge in [-0.25, -0.2) is 4.90 Å².